The molecule has 6 heteroatoms. The van der Waals surface area contributed by atoms with Crippen molar-refractivity contribution in [1.82, 2.24) is 0 Å². The number of halogens is 1. The van der Waals surface area contributed by atoms with Gasteiger partial charge in [0.15, 0.2) is 0 Å². The zero-order chi connectivity index (χ0) is 19.2. The molecular weight excluding hydrogens is 364 g/mol. The molecule has 2 amide bonds. The third-order valence-corrected chi connectivity index (χ3v) is 4.22. The van der Waals surface area contributed by atoms with Crippen LogP contribution in [0.5, 0.6) is 5.75 Å². The van der Waals surface area contributed by atoms with Crippen molar-refractivity contribution in [2.24, 2.45) is 0 Å². The van der Waals surface area contributed by atoms with Crippen LogP contribution < -0.4 is 15.4 Å². The van der Waals surface area contributed by atoms with Gasteiger partial charge in [-0.05, 0) is 36.4 Å². The van der Waals surface area contributed by atoms with Gasteiger partial charge in [0.05, 0.1) is 34.6 Å². The molecule has 0 heterocycles. The molecule has 2 N–H and O–H groups in total. The lowest BCUT2D eigenvalue weighted by Gasteiger charge is -2.13. The summed E-state index contributed by atoms with van der Waals surface area (Å²) in [6.45, 7) is 0. The van der Waals surface area contributed by atoms with Gasteiger partial charge in [0.1, 0.15) is 5.75 Å². The molecule has 3 rings (SSSR count). The summed E-state index contributed by atoms with van der Waals surface area (Å²) in [7, 11) is 1.53. The summed E-state index contributed by atoms with van der Waals surface area (Å²) in [4.78, 5) is 25.3. The van der Waals surface area contributed by atoms with Crippen molar-refractivity contribution in [3.63, 3.8) is 0 Å². The molecule has 0 saturated heterocycles. The number of ether oxygens (including phenoxy) is 1. The summed E-state index contributed by atoms with van der Waals surface area (Å²) >= 11 is 6.07. The number of para-hydroxylation sites is 3. The van der Waals surface area contributed by atoms with Crippen LogP contribution in [0.15, 0.2) is 72.8 Å². The Bertz CT molecular complexity index is 988. The summed E-state index contributed by atoms with van der Waals surface area (Å²) in [5.74, 6) is -0.212. The minimum atomic E-state index is -0.391. The number of methoxy groups -OCH3 is 1. The van der Waals surface area contributed by atoms with E-state index >= 15 is 0 Å². The number of benzene rings is 3. The number of rotatable bonds is 5. The molecule has 0 bridgehead atoms. The standard InChI is InChI=1S/C21H17ClN2O3/c1-27-19-13-7-6-12-18(19)24-21(26)15-9-3-5-11-17(15)23-20(25)14-8-2-4-10-16(14)22/h2-13H,1H3,(H,23,25)(H,24,26). The number of anilines is 2. The largest absolute Gasteiger partial charge is 0.495 e. The van der Waals surface area contributed by atoms with Gasteiger partial charge in [-0.1, -0.05) is 48.0 Å². The minimum absolute atomic E-state index is 0.323. The molecule has 0 radical (unpaired) electrons. The fourth-order valence-electron chi connectivity index (χ4n) is 2.56. The summed E-state index contributed by atoms with van der Waals surface area (Å²) in [5.41, 5.74) is 1.58. The number of hydrogen-bond donors (Lipinski definition) is 2. The van der Waals surface area contributed by atoms with E-state index in [0.717, 1.165) is 0 Å². The SMILES string of the molecule is COc1ccccc1NC(=O)c1ccccc1NC(=O)c1ccccc1Cl. The van der Waals surface area contributed by atoms with E-state index in [1.54, 1.807) is 66.7 Å². The molecule has 0 saturated carbocycles. The number of carbonyl (C=O) groups is 2. The zero-order valence-corrected chi connectivity index (χ0v) is 15.3. The lowest BCUT2D eigenvalue weighted by Crippen LogP contribution is -2.18. The maximum absolute atomic E-state index is 12.7. The maximum Gasteiger partial charge on any atom is 0.257 e. The molecule has 0 fully saturated rings. The summed E-state index contributed by atoms with van der Waals surface area (Å²) in [6.07, 6.45) is 0. The van der Waals surface area contributed by atoms with E-state index in [2.05, 4.69) is 10.6 Å². The van der Waals surface area contributed by atoms with Gasteiger partial charge >= 0.3 is 0 Å². The Hall–Kier alpha value is -3.31. The van der Waals surface area contributed by atoms with Crippen molar-refractivity contribution in [3.05, 3.63) is 88.9 Å². The van der Waals surface area contributed by atoms with Crippen molar-refractivity contribution >= 4 is 34.8 Å². The first-order valence-corrected chi connectivity index (χ1v) is 8.57. The highest BCUT2D eigenvalue weighted by atomic mass is 35.5. The molecular formula is C21H17ClN2O3. The van der Waals surface area contributed by atoms with Gasteiger partial charge in [-0.25, -0.2) is 0 Å². The van der Waals surface area contributed by atoms with E-state index in [4.69, 9.17) is 16.3 Å². The Kier molecular flexibility index (Phi) is 5.74. The lowest BCUT2D eigenvalue weighted by atomic mass is 10.1. The normalized spacial score (nSPS) is 10.1. The molecule has 3 aromatic rings. The molecule has 27 heavy (non-hydrogen) atoms. The van der Waals surface area contributed by atoms with Crippen molar-refractivity contribution in [1.29, 1.82) is 0 Å². The maximum atomic E-state index is 12.7. The first kappa shape index (κ1) is 18.5. The highest BCUT2D eigenvalue weighted by Gasteiger charge is 2.16. The predicted octanol–water partition coefficient (Wildman–Crippen LogP) is 4.85. The number of carbonyl (C=O) groups excluding carboxylic acids is 2. The van der Waals surface area contributed by atoms with E-state index in [9.17, 15) is 9.59 Å². The number of amides is 2. The fourth-order valence-corrected chi connectivity index (χ4v) is 2.78. The summed E-state index contributed by atoms with van der Waals surface area (Å²) in [6, 6.07) is 20.6. The Labute approximate surface area is 161 Å². The van der Waals surface area contributed by atoms with Gasteiger partial charge in [-0.3, -0.25) is 9.59 Å². The molecule has 136 valence electrons. The van der Waals surface area contributed by atoms with Crippen LogP contribution in [0.1, 0.15) is 20.7 Å². The van der Waals surface area contributed by atoms with Crippen LogP contribution in [0, 0.1) is 0 Å². The van der Waals surface area contributed by atoms with Crippen LogP contribution in [0.2, 0.25) is 5.02 Å². The quantitative estimate of drug-likeness (QED) is 0.664. The average Bonchev–Trinajstić information content (AvgIpc) is 2.69. The molecule has 0 atom stereocenters. The Morgan fingerprint density at radius 3 is 1.96 bits per heavy atom. The first-order valence-electron chi connectivity index (χ1n) is 8.19. The number of nitrogens with one attached hydrogen (secondary N) is 2. The predicted molar refractivity (Wildman–Crippen MR) is 107 cm³/mol. The minimum Gasteiger partial charge on any atom is -0.495 e. The highest BCUT2D eigenvalue weighted by molar-refractivity contribution is 6.34. The molecule has 3 aromatic carbocycles. The molecule has 0 spiro atoms. The first-order chi connectivity index (χ1) is 13.1. The van der Waals surface area contributed by atoms with Gasteiger partial charge in [0, 0.05) is 0 Å². The Balaban J connectivity index is 1.84. The lowest BCUT2D eigenvalue weighted by molar-refractivity contribution is 0.102. The van der Waals surface area contributed by atoms with Gasteiger partial charge in [-0.2, -0.15) is 0 Å². The van der Waals surface area contributed by atoms with Crippen molar-refractivity contribution in [2.45, 2.75) is 0 Å². The smallest absolute Gasteiger partial charge is 0.257 e. The molecule has 0 aromatic heterocycles. The molecule has 0 unspecified atom stereocenters. The summed E-state index contributed by atoms with van der Waals surface area (Å²) < 4.78 is 5.25. The van der Waals surface area contributed by atoms with E-state index in [1.165, 1.54) is 7.11 Å². The summed E-state index contributed by atoms with van der Waals surface area (Å²) in [5, 5.41) is 5.89. The monoisotopic (exact) mass is 380 g/mol. The van der Waals surface area contributed by atoms with Gasteiger partial charge in [0.25, 0.3) is 11.8 Å². The van der Waals surface area contributed by atoms with Crippen LogP contribution in [-0.2, 0) is 0 Å². The topological polar surface area (TPSA) is 67.4 Å². The molecule has 5 nitrogen and oxygen atoms in total. The van der Waals surface area contributed by atoms with Crippen LogP contribution in [0.4, 0.5) is 11.4 Å². The average molecular weight is 381 g/mol. The molecule has 0 aliphatic rings. The van der Waals surface area contributed by atoms with Crippen LogP contribution >= 0.6 is 11.6 Å². The van der Waals surface area contributed by atoms with E-state index in [-0.39, 0.29) is 5.91 Å². The molecule has 0 aliphatic carbocycles. The van der Waals surface area contributed by atoms with E-state index < -0.39 is 5.91 Å². The van der Waals surface area contributed by atoms with Crippen molar-refractivity contribution in [2.75, 3.05) is 17.7 Å². The fraction of sp³-hybridized carbons (Fsp3) is 0.0476. The van der Waals surface area contributed by atoms with Crippen molar-refractivity contribution < 1.29 is 14.3 Å². The highest BCUT2D eigenvalue weighted by Crippen LogP contribution is 2.25. The third kappa shape index (κ3) is 4.27. The third-order valence-electron chi connectivity index (χ3n) is 3.89. The second-order valence-electron chi connectivity index (χ2n) is 5.63. The molecule has 0 aliphatic heterocycles. The van der Waals surface area contributed by atoms with Crippen LogP contribution in [-0.4, -0.2) is 18.9 Å². The van der Waals surface area contributed by atoms with Crippen molar-refractivity contribution in [3.8, 4) is 5.75 Å². The van der Waals surface area contributed by atoms with Gasteiger partial charge < -0.3 is 15.4 Å². The second-order valence-corrected chi connectivity index (χ2v) is 6.04. The van der Waals surface area contributed by atoms with Gasteiger partial charge in [0.2, 0.25) is 0 Å². The van der Waals surface area contributed by atoms with Gasteiger partial charge in [-0.15, -0.1) is 0 Å². The second kappa shape index (κ2) is 8.38. The number of hydrogen-bond acceptors (Lipinski definition) is 3. The van der Waals surface area contributed by atoms with Crippen LogP contribution in [0.25, 0.3) is 0 Å². The van der Waals surface area contributed by atoms with E-state index in [1.807, 2.05) is 6.07 Å². The Morgan fingerprint density at radius 2 is 1.26 bits per heavy atom. The Morgan fingerprint density at radius 1 is 0.741 bits per heavy atom. The van der Waals surface area contributed by atoms with Crippen LogP contribution in [0.3, 0.4) is 0 Å². The van der Waals surface area contributed by atoms with E-state index in [0.29, 0.717) is 33.3 Å². The zero-order valence-electron chi connectivity index (χ0n) is 14.5.